The summed E-state index contributed by atoms with van der Waals surface area (Å²) < 4.78 is 0. The van der Waals surface area contributed by atoms with Crippen LogP contribution in [0.3, 0.4) is 0 Å². The van der Waals surface area contributed by atoms with Crippen LogP contribution >= 0.6 is 11.6 Å². The molecule has 6 nitrogen and oxygen atoms in total. The van der Waals surface area contributed by atoms with Crippen molar-refractivity contribution in [2.45, 2.75) is 6.92 Å². The molecule has 0 aliphatic rings. The third-order valence-electron chi connectivity index (χ3n) is 5.26. The van der Waals surface area contributed by atoms with Gasteiger partial charge in [0.2, 0.25) is 0 Å². The SMILES string of the molecule is Cc1c(C#N)cccc1-c1nc2[nH]ccc(=O)c2cc1-c1cc(Cl)c2[nH]ncc2c1. The van der Waals surface area contributed by atoms with Gasteiger partial charge in [-0.05, 0) is 42.3 Å². The molecule has 0 bridgehead atoms. The van der Waals surface area contributed by atoms with E-state index in [9.17, 15) is 10.1 Å². The van der Waals surface area contributed by atoms with Gasteiger partial charge in [0.05, 0.1) is 39.4 Å². The number of nitrogens with zero attached hydrogens (tertiary/aromatic N) is 3. The molecular formula is C23H14ClN5O. The summed E-state index contributed by atoms with van der Waals surface area (Å²) >= 11 is 6.48. The Bertz CT molecular complexity index is 1560. The van der Waals surface area contributed by atoms with E-state index in [1.165, 1.54) is 6.07 Å². The molecule has 7 heteroatoms. The van der Waals surface area contributed by atoms with Crippen LogP contribution in [0.1, 0.15) is 11.1 Å². The molecule has 3 aromatic heterocycles. The molecule has 0 saturated heterocycles. The highest BCUT2D eigenvalue weighted by atomic mass is 35.5. The largest absolute Gasteiger partial charge is 0.346 e. The summed E-state index contributed by atoms with van der Waals surface area (Å²) in [5.41, 5.74) is 5.55. The standard InChI is InChI=1S/C23H14ClN5O/c1-12-13(10-25)3-2-4-16(12)22-17(9-18-20(30)5-6-26-23(18)28-22)14-7-15-11-27-29-21(15)19(24)8-14/h2-9,11H,1H3,(H,27,29)(H,26,28,30). The van der Waals surface area contributed by atoms with Crippen molar-refractivity contribution in [3.8, 4) is 28.5 Å². The molecule has 30 heavy (non-hydrogen) atoms. The van der Waals surface area contributed by atoms with E-state index >= 15 is 0 Å². The molecule has 2 N–H and O–H groups in total. The van der Waals surface area contributed by atoms with Gasteiger partial charge in [-0.2, -0.15) is 10.4 Å². The van der Waals surface area contributed by atoms with E-state index in [-0.39, 0.29) is 5.43 Å². The average molecular weight is 412 g/mol. The van der Waals surface area contributed by atoms with Crippen LogP contribution in [0.5, 0.6) is 0 Å². The van der Waals surface area contributed by atoms with Crippen molar-refractivity contribution in [1.82, 2.24) is 20.2 Å². The van der Waals surface area contributed by atoms with Gasteiger partial charge < -0.3 is 4.98 Å². The summed E-state index contributed by atoms with van der Waals surface area (Å²) in [6.45, 7) is 1.89. The number of fused-ring (bicyclic) bond motifs is 2. The average Bonchev–Trinajstić information content (AvgIpc) is 3.23. The number of H-pyrrole nitrogens is 2. The summed E-state index contributed by atoms with van der Waals surface area (Å²) in [5, 5.41) is 18.3. The van der Waals surface area contributed by atoms with Crippen molar-refractivity contribution in [2.24, 2.45) is 0 Å². The molecule has 0 amide bonds. The summed E-state index contributed by atoms with van der Waals surface area (Å²) in [6, 6.07) is 14.8. The second kappa shape index (κ2) is 6.83. The second-order valence-electron chi connectivity index (χ2n) is 7.00. The number of halogens is 1. The fraction of sp³-hybridized carbons (Fsp3) is 0.0435. The van der Waals surface area contributed by atoms with Crippen LogP contribution in [0.4, 0.5) is 0 Å². The van der Waals surface area contributed by atoms with Crippen LogP contribution < -0.4 is 5.43 Å². The molecule has 0 fully saturated rings. The molecule has 0 atom stereocenters. The van der Waals surface area contributed by atoms with E-state index in [0.29, 0.717) is 27.3 Å². The van der Waals surface area contributed by atoms with Gasteiger partial charge in [0.1, 0.15) is 5.65 Å². The van der Waals surface area contributed by atoms with Gasteiger partial charge in [-0.25, -0.2) is 4.98 Å². The van der Waals surface area contributed by atoms with E-state index in [1.54, 1.807) is 18.5 Å². The van der Waals surface area contributed by atoms with E-state index in [2.05, 4.69) is 21.3 Å². The smallest absolute Gasteiger partial charge is 0.191 e. The maximum atomic E-state index is 12.5. The highest BCUT2D eigenvalue weighted by Crippen LogP contribution is 2.37. The molecule has 144 valence electrons. The number of hydrogen-bond donors (Lipinski definition) is 2. The summed E-state index contributed by atoms with van der Waals surface area (Å²) in [4.78, 5) is 20.3. The molecule has 5 rings (SSSR count). The predicted octanol–water partition coefficient (Wildman–Crippen LogP) is 4.97. The number of nitriles is 1. The lowest BCUT2D eigenvalue weighted by Crippen LogP contribution is -2.04. The Kier molecular flexibility index (Phi) is 4.12. The number of pyridine rings is 2. The Hall–Kier alpha value is -3.95. The molecule has 2 aromatic carbocycles. The van der Waals surface area contributed by atoms with Crippen molar-refractivity contribution in [3.05, 3.63) is 81.2 Å². The maximum absolute atomic E-state index is 12.5. The first-order valence-corrected chi connectivity index (χ1v) is 9.60. The number of benzene rings is 2. The highest BCUT2D eigenvalue weighted by Gasteiger charge is 2.17. The van der Waals surface area contributed by atoms with Crippen molar-refractivity contribution in [1.29, 1.82) is 5.26 Å². The minimum absolute atomic E-state index is 0.123. The van der Waals surface area contributed by atoms with Crippen molar-refractivity contribution >= 4 is 33.5 Å². The van der Waals surface area contributed by atoms with E-state index < -0.39 is 0 Å². The zero-order valence-electron chi connectivity index (χ0n) is 15.8. The summed E-state index contributed by atoms with van der Waals surface area (Å²) in [7, 11) is 0. The van der Waals surface area contributed by atoms with Gasteiger partial charge in [-0.3, -0.25) is 9.89 Å². The first-order valence-electron chi connectivity index (χ1n) is 9.22. The number of aromatic amines is 2. The fourth-order valence-corrected chi connectivity index (χ4v) is 3.97. The van der Waals surface area contributed by atoms with Gasteiger partial charge in [0, 0.05) is 28.8 Å². The van der Waals surface area contributed by atoms with E-state index in [1.807, 2.05) is 37.3 Å². The molecule has 0 saturated carbocycles. The first-order chi connectivity index (χ1) is 14.6. The van der Waals surface area contributed by atoms with Crippen LogP contribution in [0.15, 0.2) is 59.7 Å². The second-order valence-corrected chi connectivity index (χ2v) is 7.41. The normalized spacial score (nSPS) is 11.1. The molecule has 0 aliphatic heterocycles. The molecule has 0 unspecified atom stereocenters. The Labute approximate surface area is 175 Å². The third kappa shape index (κ3) is 2.76. The van der Waals surface area contributed by atoms with Gasteiger partial charge in [0.15, 0.2) is 5.43 Å². The highest BCUT2D eigenvalue weighted by molar-refractivity contribution is 6.35. The van der Waals surface area contributed by atoms with Crippen molar-refractivity contribution < 1.29 is 0 Å². The fourth-order valence-electron chi connectivity index (χ4n) is 3.71. The topological polar surface area (TPSA) is 98.2 Å². The van der Waals surface area contributed by atoms with Crippen LogP contribution in [0, 0.1) is 18.3 Å². The number of nitrogens with one attached hydrogen (secondary N) is 2. The van der Waals surface area contributed by atoms with Crippen LogP contribution in [-0.4, -0.2) is 20.2 Å². The molecule has 0 radical (unpaired) electrons. The molecule has 0 aliphatic carbocycles. The summed E-state index contributed by atoms with van der Waals surface area (Å²) in [5.74, 6) is 0. The van der Waals surface area contributed by atoms with Crippen molar-refractivity contribution in [2.75, 3.05) is 0 Å². The number of hydrogen-bond acceptors (Lipinski definition) is 4. The molecular weight excluding hydrogens is 398 g/mol. The van der Waals surface area contributed by atoms with E-state index in [4.69, 9.17) is 16.6 Å². The van der Waals surface area contributed by atoms with E-state index in [0.717, 1.165) is 33.2 Å². The molecule has 5 aromatic rings. The van der Waals surface area contributed by atoms with Crippen molar-refractivity contribution in [3.63, 3.8) is 0 Å². The zero-order valence-corrected chi connectivity index (χ0v) is 16.6. The van der Waals surface area contributed by atoms with Gasteiger partial charge in [-0.1, -0.05) is 23.7 Å². The Morgan fingerprint density at radius 1 is 1.13 bits per heavy atom. The van der Waals surface area contributed by atoms with Crippen LogP contribution in [0.2, 0.25) is 5.02 Å². The first kappa shape index (κ1) is 18.1. The van der Waals surface area contributed by atoms with Gasteiger partial charge >= 0.3 is 0 Å². The van der Waals surface area contributed by atoms with Gasteiger partial charge in [0.25, 0.3) is 0 Å². The quantitative estimate of drug-likeness (QED) is 0.428. The summed E-state index contributed by atoms with van der Waals surface area (Å²) in [6.07, 6.45) is 3.28. The Morgan fingerprint density at radius 3 is 2.83 bits per heavy atom. The number of rotatable bonds is 2. The third-order valence-corrected chi connectivity index (χ3v) is 5.56. The molecule has 0 spiro atoms. The predicted molar refractivity (Wildman–Crippen MR) is 117 cm³/mol. The minimum Gasteiger partial charge on any atom is -0.346 e. The van der Waals surface area contributed by atoms with Crippen LogP contribution in [-0.2, 0) is 0 Å². The lowest BCUT2D eigenvalue weighted by Gasteiger charge is -2.14. The van der Waals surface area contributed by atoms with Gasteiger partial charge in [-0.15, -0.1) is 0 Å². The lowest BCUT2D eigenvalue weighted by molar-refractivity contribution is 1.12. The monoisotopic (exact) mass is 411 g/mol. The maximum Gasteiger partial charge on any atom is 0.191 e. The molecule has 3 heterocycles. The van der Waals surface area contributed by atoms with Crippen LogP contribution in [0.25, 0.3) is 44.3 Å². The Balaban J connectivity index is 1.90. The Morgan fingerprint density at radius 2 is 2.00 bits per heavy atom. The lowest BCUT2D eigenvalue weighted by atomic mass is 9.93. The zero-order chi connectivity index (χ0) is 20.8. The number of aromatic nitrogens is 4. The minimum atomic E-state index is -0.123.